The molecule has 1 N–H and O–H groups in total. The molecule has 5 nitrogen and oxygen atoms in total. The standard InChI is InChI=1S/C18H19FN2O3/c1-11(17(22)23)21-9-18(10-21)7-13(8-18)24-16-4-5-20-15-3-2-12(19)6-14(15)16/h2-6,11,13H,7-10H2,1H3,(H,22,23). The molecule has 2 fully saturated rings. The van der Waals surface area contributed by atoms with E-state index in [9.17, 15) is 9.18 Å². The highest BCUT2D eigenvalue weighted by molar-refractivity contribution is 5.84. The van der Waals surface area contributed by atoms with Crippen molar-refractivity contribution in [1.29, 1.82) is 0 Å². The van der Waals surface area contributed by atoms with E-state index >= 15 is 0 Å². The Bertz CT molecular complexity index is 796. The topological polar surface area (TPSA) is 62.7 Å². The highest BCUT2D eigenvalue weighted by Crippen LogP contribution is 2.50. The maximum absolute atomic E-state index is 13.5. The molecule has 1 aromatic carbocycles. The fraction of sp³-hybridized carbons (Fsp3) is 0.444. The number of aliphatic carboxylic acids is 1. The highest BCUT2D eigenvalue weighted by Gasteiger charge is 2.55. The number of hydrogen-bond acceptors (Lipinski definition) is 4. The van der Waals surface area contributed by atoms with Crippen molar-refractivity contribution in [1.82, 2.24) is 9.88 Å². The monoisotopic (exact) mass is 330 g/mol. The van der Waals surface area contributed by atoms with Crippen LogP contribution in [0.25, 0.3) is 10.9 Å². The molecule has 1 atom stereocenters. The van der Waals surface area contributed by atoms with E-state index < -0.39 is 12.0 Å². The summed E-state index contributed by atoms with van der Waals surface area (Å²) in [6.45, 7) is 3.34. The van der Waals surface area contributed by atoms with Crippen molar-refractivity contribution < 1.29 is 19.0 Å². The molecule has 4 rings (SSSR count). The predicted molar refractivity (Wildman–Crippen MR) is 86.5 cm³/mol. The third-order valence-corrected chi connectivity index (χ3v) is 5.26. The number of benzene rings is 1. The Labute approximate surface area is 139 Å². The zero-order valence-electron chi connectivity index (χ0n) is 13.4. The van der Waals surface area contributed by atoms with Gasteiger partial charge in [-0.05, 0) is 44.0 Å². The number of pyridine rings is 1. The lowest BCUT2D eigenvalue weighted by Crippen LogP contribution is -2.67. The summed E-state index contributed by atoms with van der Waals surface area (Å²) < 4.78 is 19.5. The van der Waals surface area contributed by atoms with Crippen LogP contribution in [-0.4, -0.2) is 46.2 Å². The van der Waals surface area contributed by atoms with Crippen molar-refractivity contribution in [3.05, 3.63) is 36.3 Å². The molecule has 1 aliphatic heterocycles. The van der Waals surface area contributed by atoms with E-state index in [2.05, 4.69) is 4.98 Å². The van der Waals surface area contributed by atoms with E-state index in [1.165, 1.54) is 12.1 Å². The summed E-state index contributed by atoms with van der Waals surface area (Å²) in [4.78, 5) is 17.2. The Morgan fingerprint density at radius 3 is 2.88 bits per heavy atom. The van der Waals surface area contributed by atoms with Crippen LogP contribution in [0, 0.1) is 11.2 Å². The van der Waals surface area contributed by atoms with Gasteiger partial charge in [-0.2, -0.15) is 0 Å². The van der Waals surface area contributed by atoms with E-state index in [4.69, 9.17) is 9.84 Å². The molecule has 0 amide bonds. The van der Waals surface area contributed by atoms with Crippen molar-refractivity contribution in [3.63, 3.8) is 0 Å². The number of fused-ring (bicyclic) bond motifs is 1. The molecule has 2 heterocycles. The molecule has 6 heteroatoms. The van der Waals surface area contributed by atoms with E-state index in [0.29, 0.717) is 16.7 Å². The number of rotatable bonds is 4. The van der Waals surface area contributed by atoms with Crippen LogP contribution < -0.4 is 4.74 Å². The average Bonchev–Trinajstić information content (AvgIpc) is 2.47. The quantitative estimate of drug-likeness (QED) is 0.934. The molecule has 1 aromatic heterocycles. The molecule has 2 aromatic rings. The molecule has 1 aliphatic carbocycles. The third-order valence-electron chi connectivity index (χ3n) is 5.26. The van der Waals surface area contributed by atoms with Gasteiger partial charge < -0.3 is 9.84 Å². The Hall–Kier alpha value is -2.21. The molecule has 1 unspecified atom stereocenters. The van der Waals surface area contributed by atoms with Crippen molar-refractivity contribution in [2.45, 2.75) is 31.9 Å². The van der Waals surface area contributed by atoms with Gasteiger partial charge in [-0.15, -0.1) is 0 Å². The highest BCUT2D eigenvalue weighted by atomic mass is 19.1. The second kappa shape index (κ2) is 5.41. The number of aromatic nitrogens is 1. The fourth-order valence-electron chi connectivity index (χ4n) is 3.87. The first kappa shape index (κ1) is 15.3. The van der Waals surface area contributed by atoms with Crippen LogP contribution in [0.5, 0.6) is 5.75 Å². The molecule has 0 bridgehead atoms. The molecular weight excluding hydrogens is 311 g/mol. The van der Waals surface area contributed by atoms with Gasteiger partial charge in [-0.25, -0.2) is 4.39 Å². The van der Waals surface area contributed by atoms with Crippen LogP contribution >= 0.6 is 0 Å². The van der Waals surface area contributed by atoms with Crippen molar-refractivity contribution >= 4 is 16.9 Å². The first-order chi connectivity index (χ1) is 11.5. The molecule has 24 heavy (non-hydrogen) atoms. The zero-order valence-corrected chi connectivity index (χ0v) is 13.4. The largest absolute Gasteiger partial charge is 0.490 e. The minimum atomic E-state index is -0.776. The number of ether oxygens (including phenoxy) is 1. The lowest BCUT2D eigenvalue weighted by molar-refractivity contribution is -0.161. The number of nitrogens with zero attached hydrogens (tertiary/aromatic N) is 2. The number of carboxylic acid groups (broad SMARTS) is 1. The van der Waals surface area contributed by atoms with Gasteiger partial charge >= 0.3 is 5.97 Å². The molecule has 1 saturated heterocycles. The fourth-order valence-corrected chi connectivity index (χ4v) is 3.87. The first-order valence-electron chi connectivity index (χ1n) is 8.14. The van der Waals surface area contributed by atoms with E-state index in [-0.39, 0.29) is 17.3 Å². The van der Waals surface area contributed by atoms with Crippen LogP contribution in [0.15, 0.2) is 30.5 Å². The number of hydrogen-bond donors (Lipinski definition) is 1. The lowest BCUT2D eigenvalue weighted by Gasteiger charge is -2.59. The normalized spacial score (nSPS) is 21.2. The maximum atomic E-state index is 13.5. The van der Waals surface area contributed by atoms with Crippen LogP contribution in [0.4, 0.5) is 4.39 Å². The van der Waals surface area contributed by atoms with Crippen LogP contribution in [0.2, 0.25) is 0 Å². The van der Waals surface area contributed by atoms with Gasteiger partial charge in [0.2, 0.25) is 0 Å². The van der Waals surface area contributed by atoms with Crippen molar-refractivity contribution in [2.75, 3.05) is 13.1 Å². The van der Waals surface area contributed by atoms with Gasteiger partial charge in [0, 0.05) is 30.1 Å². The Balaban J connectivity index is 1.40. The minimum Gasteiger partial charge on any atom is -0.490 e. The first-order valence-corrected chi connectivity index (χ1v) is 8.14. The smallest absolute Gasteiger partial charge is 0.320 e. The second-order valence-corrected chi connectivity index (χ2v) is 7.04. The van der Waals surface area contributed by atoms with Gasteiger partial charge in [-0.1, -0.05) is 0 Å². The summed E-state index contributed by atoms with van der Waals surface area (Å²) in [5.74, 6) is -0.417. The molecular formula is C18H19FN2O3. The number of carboxylic acids is 1. The lowest BCUT2D eigenvalue weighted by atomic mass is 9.61. The Kier molecular flexibility index (Phi) is 3.46. The average molecular weight is 330 g/mol. The van der Waals surface area contributed by atoms with Crippen LogP contribution in [0.3, 0.4) is 0 Å². The molecule has 2 aliphatic rings. The van der Waals surface area contributed by atoms with Crippen LogP contribution in [0.1, 0.15) is 19.8 Å². The molecule has 1 spiro atoms. The SMILES string of the molecule is CC(C(=O)O)N1CC2(CC(Oc3ccnc4ccc(F)cc34)C2)C1. The van der Waals surface area contributed by atoms with Gasteiger partial charge in [0.1, 0.15) is 17.6 Å². The Morgan fingerprint density at radius 1 is 1.42 bits per heavy atom. The minimum absolute atomic E-state index is 0.0983. The summed E-state index contributed by atoms with van der Waals surface area (Å²) in [6.07, 6.45) is 3.59. The number of halogens is 1. The van der Waals surface area contributed by atoms with Crippen LogP contribution in [-0.2, 0) is 4.79 Å². The van der Waals surface area contributed by atoms with Crippen molar-refractivity contribution in [3.8, 4) is 5.75 Å². The third kappa shape index (κ3) is 2.51. The Morgan fingerprint density at radius 2 is 2.17 bits per heavy atom. The van der Waals surface area contributed by atoms with E-state index in [0.717, 1.165) is 25.9 Å². The number of likely N-dealkylation sites (tertiary alicyclic amines) is 1. The maximum Gasteiger partial charge on any atom is 0.320 e. The van der Waals surface area contributed by atoms with Gasteiger partial charge in [-0.3, -0.25) is 14.7 Å². The van der Waals surface area contributed by atoms with E-state index in [1.54, 1.807) is 25.3 Å². The van der Waals surface area contributed by atoms with Crippen molar-refractivity contribution in [2.24, 2.45) is 5.41 Å². The summed E-state index contributed by atoms with van der Waals surface area (Å²) in [5.41, 5.74) is 0.913. The molecule has 0 radical (unpaired) electrons. The van der Waals surface area contributed by atoms with Gasteiger partial charge in [0.15, 0.2) is 0 Å². The molecule has 1 saturated carbocycles. The zero-order chi connectivity index (χ0) is 16.9. The summed E-state index contributed by atoms with van der Waals surface area (Å²) in [6, 6.07) is 5.83. The summed E-state index contributed by atoms with van der Waals surface area (Å²) in [5, 5.41) is 9.73. The summed E-state index contributed by atoms with van der Waals surface area (Å²) >= 11 is 0. The second-order valence-electron chi connectivity index (χ2n) is 7.04. The van der Waals surface area contributed by atoms with Gasteiger partial charge in [0.05, 0.1) is 11.6 Å². The number of carbonyl (C=O) groups is 1. The summed E-state index contributed by atoms with van der Waals surface area (Å²) in [7, 11) is 0. The van der Waals surface area contributed by atoms with Gasteiger partial charge in [0.25, 0.3) is 0 Å². The molecule has 126 valence electrons. The predicted octanol–water partition coefficient (Wildman–Crippen LogP) is 2.69. The van der Waals surface area contributed by atoms with E-state index in [1.807, 2.05) is 4.90 Å².